The highest BCUT2D eigenvalue weighted by molar-refractivity contribution is 6.09. The monoisotopic (exact) mass is 519 g/mol. The van der Waals surface area contributed by atoms with Crippen LogP contribution in [-0.2, 0) is 0 Å². The lowest BCUT2D eigenvalue weighted by molar-refractivity contribution is 0.102. The van der Waals surface area contributed by atoms with Crippen LogP contribution in [0.15, 0.2) is 109 Å². The molecule has 0 atom stereocenters. The van der Waals surface area contributed by atoms with Crippen molar-refractivity contribution in [2.45, 2.75) is 6.92 Å². The standard InChI is InChI=1S/C32H21N7O/c1-21-16-18-24(19-17-21)38-29(22-10-4-2-5-11-22)25(20-33)28(35-38)30(40)31-36-39(23-12-6-3-7-13-23)32-34-26-14-8-9-15-27(26)37(31)32/h2-19H,1H3. The van der Waals surface area contributed by atoms with Crippen molar-refractivity contribution in [3.05, 3.63) is 132 Å². The number of carbonyl (C=O) groups excluding carboxylic acids is 1. The van der Waals surface area contributed by atoms with Crippen molar-refractivity contribution >= 4 is 22.6 Å². The van der Waals surface area contributed by atoms with E-state index in [0.717, 1.165) is 33.5 Å². The number of aromatic nitrogens is 6. The highest BCUT2D eigenvalue weighted by Gasteiger charge is 2.30. The number of ketones is 1. The van der Waals surface area contributed by atoms with Gasteiger partial charge in [-0.3, -0.25) is 9.20 Å². The number of nitriles is 1. The van der Waals surface area contributed by atoms with Gasteiger partial charge in [0.2, 0.25) is 11.6 Å². The number of rotatable bonds is 5. The first-order valence-corrected chi connectivity index (χ1v) is 12.8. The second-order valence-electron chi connectivity index (χ2n) is 9.43. The average molecular weight is 520 g/mol. The van der Waals surface area contributed by atoms with E-state index in [1.165, 1.54) is 0 Å². The number of aryl methyl sites for hydroxylation is 1. The Morgan fingerprint density at radius 3 is 2.12 bits per heavy atom. The number of imidazole rings is 1. The minimum atomic E-state index is -0.470. The summed E-state index contributed by atoms with van der Waals surface area (Å²) in [5.41, 5.74) is 5.60. The molecule has 0 fully saturated rings. The van der Waals surface area contributed by atoms with Crippen LogP contribution in [0.5, 0.6) is 0 Å². The fourth-order valence-corrected chi connectivity index (χ4v) is 4.96. The van der Waals surface area contributed by atoms with Crippen molar-refractivity contribution in [1.82, 2.24) is 28.9 Å². The fourth-order valence-electron chi connectivity index (χ4n) is 4.96. The summed E-state index contributed by atoms with van der Waals surface area (Å²) in [6.07, 6.45) is 0. The second kappa shape index (κ2) is 9.19. The van der Waals surface area contributed by atoms with Crippen LogP contribution in [0.1, 0.15) is 27.4 Å². The molecule has 3 heterocycles. The average Bonchev–Trinajstić information content (AvgIpc) is 3.69. The minimum Gasteiger partial charge on any atom is -0.283 e. The summed E-state index contributed by atoms with van der Waals surface area (Å²) in [6, 6.07) is 36.7. The Labute approximate surface area is 229 Å². The molecule has 8 heteroatoms. The van der Waals surface area contributed by atoms with Gasteiger partial charge in [-0.15, -0.1) is 5.10 Å². The number of hydrogen-bond acceptors (Lipinski definition) is 5. The maximum absolute atomic E-state index is 14.4. The van der Waals surface area contributed by atoms with Gasteiger partial charge < -0.3 is 0 Å². The predicted octanol–water partition coefficient (Wildman–Crippen LogP) is 5.94. The molecule has 7 rings (SSSR count). The van der Waals surface area contributed by atoms with Crippen molar-refractivity contribution in [1.29, 1.82) is 5.26 Å². The normalized spacial score (nSPS) is 11.2. The number of fused-ring (bicyclic) bond motifs is 3. The van der Waals surface area contributed by atoms with Crippen molar-refractivity contribution in [3.8, 4) is 28.7 Å². The van der Waals surface area contributed by atoms with E-state index in [-0.39, 0.29) is 17.1 Å². The van der Waals surface area contributed by atoms with Gasteiger partial charge in [-0.05, 0) is 43.3 Å². The molecule has 0 aliphatic heterocycles. The lowest BCUT2D eigenvalue weighted by Crippen LogP contribution is -2.10. The van der Waals surface area contributed by atoms with Crippen LogP contribution in [0.3, 0.4) is 0 Å². The molecule has 0 spiro atoms. The third kappa shape index (κ3) is 3.61. The van der Waals surface area contributed by atoms with Crippen molar-refractivity contribution in [2.75, 3.05) is 0 Å². The molecule has 0 aliphatic carbocycles. The summed E-state index contributed by atoms with van der Waals surface area (Å²) in [4.78, 5) is 19.1. The molecule has 0 N–H and O–H groups in total. The number of carbonyl (C=O) groups is 1. The van der Waals surface area contributed by atoms with Crippen LogP contribution in [0.4, 0.5) is 0 Å². The molecular weight excluding hydrogens is 498 g/mol. The summed E-state index contributed by atoms with van der Waals surface area (Å²) < 4.78 is 5.05. The van der Waals surface area contributed by atoms with E-state index in [1.807, 2.05) is 116 Å². The van der Waals surface area contributed by atoms with Gasteiger partial charge in [0.05, 0.1) is 28.1 Å². The molecule has 4 aromatic carbocycles. The van der Waals surface area contributed by atoms with Gasteiger partial charge in [0, 0.05) is 5.56 Å². The van der Waals surface area contributed by atoms with Gasteiger partial charge in [0.1, 0.15) is 11.6 Å². The van der Waals surface area contributed by atoms with Crippen LogP contribution in [0.2, 0.25) is 0 Å². The van der Waals surface area contributed by atoms with Gasteiger partial charge in [-0.2, -0.15) is 15.0 Å². The summed E-state index contributed by atoms with van der Waals surface area (Å²) in [5.74, 6) is 0.148. The van der Waals surface area contributed by atoms with E-state index >= 15 is 0 Å². The van der Waals surface area contributed by atoms with E-state index in [9.17, 15) is 10.1 Å². The third-order valence-electron chi connectivity index (χ3n) is 6.88. The van der Waals surface area contributed by atoms with E-state index in [1.54, 1.807) is 13.8 Å². The van der Waals surface area contributed by atoms with E-state index in [0.29, 0.717) is 11.5 Å². The van der Waals surface area contributed by atoms with Crippen LogP contribution >= 0.6 is 0 Å². The summed E-state index contributed by atoms with van der Waals surface area (Å²) >= 11 is 0. The quantitative estimate of drug-likeness (QED) is 0.263. The van der Waals surface area contributed by atoms with E-state index in [4.69, 9.17) is 15.2 Å². The molecule has 190 valence electrons. The maximum Gasteiger partial charge on any atom is 0.252 e. The predicted molar refractivity (Wildman–Crippen MR) is 152 cm³/mol. The molecule has 0 radical (unpaired) electrons. The Morgan fingerprint density at radius 1 is 0.750 bits per heavy atom. The van der Waals surface area contributed by atoms with Gasteiger partial charge >= 0.3 is 0 Å². The Kier molecular flexibility index (Phi) is 5.35. The Balaban J connectivity index is 1.50. The van der Waals surface area contributed by atoms with Crippen molar-refractivity contribution in [2.24, 2.45) is 0 Å². The van der Waals surface area contributed by atoms with Crippen molar-refractivity contribution in [3.63, 3.8) is 0 Å². The molecule has 40 heavy (non-hydrogen) atoms. The largest absolute Gasteiger partial charge is 0.283 e. The minimum absolute atomic E-state index is 0.0271. The van der Waals surface area contributed by atoms with Crippen LogP contribution < -0.4 is 0 Å². The first kappa shape index (κ1) is 23.3. The molecule has 8 nitrogen and oxygen atoms in total. The molecule has 0 saturated heterocycles. The van der Waals surface area contributed by atoms with Crippen LogP contribution in [-0.4, -0.2) is 34.7 Å². The molecule has 0 amide bonds. The number of hydrogen-bond donors (Lipinski definition) is 0. The van der Waals surface area contributed by atoms with Gasteiger partial charge in [0.25, 0.3) is 5.78 Å². The highest BCUT2D eigenvalue weighted by atomic mass is 16.1. The van der Waals surface area contributed by atoms with Gasteiger partial charge in [0.15, 0.2) is 5.69 Å². The zero-order valence-corrected chi connectivity index (χ0v) is 21.4. The smallest absolute Gasteiger partial charge is 0.252 e. The molecule has 7 aromatic rings. The summed E-state index contributed by atoms with van der Waals surface area (Å²) in [6.45, 7) is 2.00. The second-order valence-corrected chi connectivity index (χ2v) is 9.43. The Hall–Kier alpha value is -5.81. The fraction of sp³-hybridized carbons (Fsp3) is 0.0312. The Morgan fingerprint density at radius 2 is 1.40 bits per heavy atom. The van der Waals surface area contributed by atoms with E-state index in [2.05, 4.69) is 6.07 Å². The lowest BCUT2D eigenvalue weighted by Gasteiger charge is -2.08. The third-order valence-corrected chi connectivity index (χ3v) is 6.88. The molecule has 0 saturated carbocycles. The van der Waals surface area contributed by atoms with Crippen LogP contribution in [0.25, 0.3) is 39.4 Å². The molecule has 0 unspecified atom stereocenters. The first-order valence-electron chi connectivity index (χ1n) is 12.8. The molecule has 0 bridgehead atoms. The molecule has 0 aliphatic rings. The lowest BCUT2D eigenvalue weighted by atomic mass is 10.0. The number of nitrogens with zero attached hydrogens (tertiary/aromatic N) is 7. The van der Waals surface area contributed by atoms with Gasteiger partial charge in [-0.25, -0.2) is 9.67 Å². The topological polar surface area (TPSA) is 93.8 Å². The zero-order valence-electron chi connectivity index (χ0n) is 21.4. The molecular formula is C32H21N7O. The number of benzene rings is 4. The number of para-hydroxylation sites is 3. The summed E-state index contributed by atoms with van der Waals surface area (Å²) in [5, 5.41) is 19.9. The maximum atomic E-state index is 14.4. The first-order chi connectivity index (χ1) is 19.6. The highest BCUT2D eigenvalue weighted by Crippen LogP contribution is 2.31. The van der Waals surface area contributed by atoms with Crippen molar-refractivity contribution < 1.29 is 4.79 Å². The SMILES string of the molecule is Cc1ccc(-n2nc(C(=O)c3nn(-c4ccccc4)c4nc5ccccc5n34)c(C#N)c2-c2ccccc2)cc1. The van der Waals surface area contributed by atoms with Crippen LogP contribution in [0, 0.1) is 18.3 Å². The van der Waals surface area contributed by atoms with E-state index < -0.39 is 5.78 Å². The van der Waals surface area contributed by atoms with Gasteiger partial charge in [-0.1, -0.05) is 78.4 Å². The summed E-state index contributed by atoms with van der Waals surface area (Å²) in [7, 11) is 0. The zero-order chi connectivity index (χ0) is 27.2. The molecule has 3 aromatic heterocycles. The Bertz CT molecular complexity index is 2080.